The van der Waals surface area contributed by atoms with Crippen molar-refractivity contribution in [2.45, 2.75) is 37.8 Å². The molecule has 0 aromatic heterocycles. The van der Waals surface area contributed by atoms with Gasteiger partial charge in [0.1, 0.15) is 18.3 Å². The third kappa shape index (κ3) is 8.02. The number of nitrogens with one attached hydrogen (secondary N) is 1. The molecule has 8 nitrogen and oxygen atoms in total. The van der Waals surface area contributed by atoms with E-state index in [0.29, 0.717) is 12.3 Å². The molecule has 0 aliphatic rings. The van der Waals surface area contributed by atoms with Crippen LogP contribution < -0.4 is 14.4 Å². The fourth-order valence-electron chi connectivity index (χ4n) is 4.75. The molecule has 1 atom stereocenters. The van der Waals surface area contributed by atoms with E-state index in [1.54, 1.807) is 42.5 Å². The molecule has 0 fully saturated rings. The second-order valence-electron chi connectivity index (χ2n) is 10.1. The van der Waals surface area contributed by atoms with E-state index < -0.39 is 28.5 Å². The Kier molecular flexibility index (Phi) is 10.6. The molecule has 0 unspecified atom stereocenters. The van der Waals surface area contributed by atoms with E-state index in [1.165, 1.54) is 24.1 Å². The first-order valence-corrected chi connectivity index (χ1v) is 15.6. The van der Waals surface area contributed by atoms with Crippen molar-refractivity contribution in [1.82, 2.24) is 10.2 Å². The number of hydrogen-bond acceptors (Lipinski definition) is 5. The number of hydrogen-bond donors (Lipinski definition) is 1. The standard InChI is InChI=1S/C34H37N3O5S/c1-4-35-34(39)32(22-27-12-7-5-8-13-27)36(24-28-20-18-26(2)19-21-28)33(38)25-37(29-14-11-15-30(23-29)42-3)43(40,41)31-16-9-6-10-17-31/h5-21,23,32H,4,22,24-25H2,1-3H3,(H,35,39)/t32-/m1/s1. The number of sulfonamides is 1. The van der Waals surface area contributed by atoms with Crippen molar-refractivity contribution in [3.05, 3.63) is 126 Å². The molecule has 0 spiro atoms. The number of ether oxygens (including phenoxy) is 1. The maximum absolute atomic E-state index is 14.4. The SMILES string of the molecule is CCNC(=O)[C@@H](Cc1ccccc1)N(Cc1ccc(C)cc1)C(=O)CN(c1cccc(OC)c1)S(=O)(=O)c1ccccc1. The largest absolute Gasteiger partial charge is 0.497 e. The zero-order chi connectivity index (χ0) is 30.8. The van der Waals surface area contributed by atoms with Crippen LogP contribution in [0.4, 0.5) is 5.69 Å². The topological polar surface area (TPSA) is 96.0 Å². The van der Waals surface area contributed by atoms with Gasteiger partial charge in [-0.1, -0.05) is 84.4 Å². The van der Waals surface area contributed by atoms with E-state index in [9.17, 15) is 18.0 Å². The summed E-state index contributed by atoms with van der Waals surface area (Å²) >= 11 is 0. The summed E-state index contributed by atoms with van der Waals surface area (Å²) in [5.74, 6) is -0.389. The maximum atomic E-state index is 14.4. The number of rotatable bonds is 13. The van der Waals surface area contributed by atoms with Crippen molar-refractivity contribution < 1.29 is 22.7 Å². The molecular weight excluding hydrogens is 562 g/mol. The fourth-order valence-corrected chi connectivity index (χ4v) is 6.18. The van der Waals surface area contributed by atoms with Crippen LogP contribution in [0.25, 0.3) is 0 Å². The molecule has 9 heteroatoms. The minimum Gasteiger partial charge on any atom is -0.497 e. The van der Waals surface area contributed by atoms with Gasteiger partial charge in [0.05, 0.1) is 17.7 Å². The van der Waals surface area contributed by atoms with Crippen LogP contribution in [0.3, 0.4) is 0 Å². The van der Waals surface area contributed by atoms with Gasteiger partial charge in [0, 0.05) is 25.6 Å². The van der Waals surface area contributed by atoms with Crippen LogP contribution in [0, 0.1) is 6.92 Å². The van der Waals surface area contributed by atoms with E-state index in [1.807, 2.05) is 68.4 Å². The van der Waals surface area contributed by atoms with Crippen molar-refractivity contribution in [2.75, 3.05) is 24.5 Å². The number of carbonyl (C=O) groups excluding carboxylic acids is 2. The Labute approximate surface area is 254 Å². The Bertz CT molecular complexity index is 1610. The van der Waals surface area contributed by atoms with Crippen LogP contribution in [0.2, 0.25) is 0 Å². The molecule has 0 heterocycles. The number of carbonyl (C=O) groups is 2. The zero-order valence-electron chi connectivity index (χ0n) is 24.6. The summed E-state index contributed by atoms with van der Waals surface area (Å²) in [7, 11) is -2.68. The lowest BCUT2D eigenvalue weighted by Crippen LogP contribution is -2.53. The highest BCUT2D eigenvalue weighted by atomic mass is 32.2. The Hall–Kier alpha value is -4.63. The molecule has 0 aliphatic heterocycles. The summed E-state index contributed by atoms with van der Waals surface area (Å²) in [6.45, 7) is 3.77. The highest BCUT2D eigenvalue weighted by Crippen LogP contribution is 2.28. The molecule has 0 aliphatic carbocycles. The van der Waals surface area contributed by atoms with Gasteiger partial charge < -0.3 is 15.0 Å². The average Bonchev–Trinajstić information content (AvgIpc) is 3.03. The molecule has 0 radical (unpaired) electrons. The Morgan fingerprint density at radius 2 is 1.49 bits per heavy atom. The second-order valence-corrected chi connectivity index (χ2v) is 12.0. The average molecular weight is 600 g/mol. The van der Waals surface area contributed by atoms with Crippen LogP contribution in [-0.2, 0) is 32.6 Å². The Morgan fingerprint density at radius 3 is 2.12 bits per heavy atom. The number of likely N-dealkylation sites (N-methyl/N-ethyl adjacent to an activating group) is 1. The zero-order valence-corrected chi connectivity index (χ0v) is 25.5. The number of anilines is 1. The van der Waals surface area contributed by atoms with Gasteiger partial charge in [-0.3, -0.25) is 13.9 Å². The van der Waals surface area contributed by atoms with Gasteiger partial charge in [0.15, 0.2) is 0 Å². The minimum atomic E-state index is -4.17. The highest BCUT2D eigenvalue weighted by Gasteiger charge is 2.34. The van der Waals surface area contributed by atoms with E-state index in [2.05, 4.69) is 5.32 Å². The normalized spacial score (nSPS) is 11.8. The summed E-state index contributed by atoms with van der Waals surface area (Å²) in [6.07, 6.45) is 0.259. The summed E-state index contributed by atoms with van der Waals surface area (Å²) in [5, 5.41) is 2.87. The van der Waals surface area contributed by atoms with Gasteiger partial charge in [-0.15, -0.1) is 0 Å². The van der Waals surface area contributed by atoms with Gasteiger partial charge in [0.2, 0.25) is 11.8 Å². The summed E-state index contributed by atoms with van der Waals surface area (Å²) in [4.78, 5) is 29.4. The number of nitrogens with zero attached hydrogens (tertiary/aromatic N) is 2. The second kappa shape index (κ2) is 14.5. The number of aryl methyl sites for hydroxylation is 1. The first-order valence-electron chi connectivity index (χ1n) is 14.1. The lowest BCUT2D eigenvalue weighted by atomic mass is 10.0. The number of methoxy groups -OCH3 is 1. The van der Waals surface area contributed by atoms with Crippen LogP contribution >= 0.6 is 0 Å². The molecule has 0 saturated heterocycles. The van der Waals surface area contributed by atoms with Crippen LogP contribution in [0.15, 0.2) is 114 Å². The molecule has 224 valence electrons. The third-order valence-electron chi connectivity index (χ3n) is 7.05. The lowest BCUT2D eigenvalue weighted by molar-refractivity contribution is -0.140. The Balaban J connectivity index is 1.79. The predicted octanol–water partition coefficient (Wildman–Crippen LogP) is 4.98. The molecule has 0 bridgehead atoms. The van der Waals surface area contributed by atoms with Crippen molar-refractivity contribution in [1.29, 1.82) is 0 Å². The Morgan fingerprint density at radius 1 is 0.837 bits per heavy atom. The van der Waals surface area contributed by atoms with Gasteiger partial charge in [-0.05, 0) is 49.2 Å². The maximum Gasteiger partial charge on any atom is 0.264 e. The summed E-state index contributed by atoms with van der Waals surface area (Å²) in [6, 6.07) is 30.8. The molecule has 4 rings (SSSR count). The minimum absolute atomic E-state index is 0.0419. The molecule has 4 aromatic rings. The molecule has 1 N–H and O–H groups in total. The quantitative estimate of drug-likeness (QED) is 0.234. The predicted molar refractivity (Wildman–Crippen MR) is 168 cm³/mol. The number of amides is 2. The number of benzene rings is 4. The fraction of sp³-hybridized carbons (Fsp3) is 0.235. The van der Waals surface area contributed by atoms with Crippen molar-refractivity contribution in [2.24, 2.45) is 0 Å². The first kappa shape index (κ1) is 31.3. The van der Waals surface area contributed by atoms with Crippen LogP contribution in [-0.4, -0.2) is 51.4 Å². The van der Waals surface area contributed by atoms with Gasteiger partial charge >= 0.3 is 0 Å². The molecule has 2 amide bonds. The lowest BCUT2D eigenvalue weighted by Gasteiger charge is -2.34. The van der Waals surface area contributed by atoms with Crippen LogP contribution in [0.1, 0.15) is 23.6 Å². The van der Waals surface area contributed by atoms with Crippen molar-refractivity contribution >= 4 is 27.5 Å². The van der Waals surface area contributed by atoms with E-state index in [-0.39, 0.29) is 29.5 Å². The van der Waals surface area contributed by atoms with Crippen molar-refractivity contribution in [3.8, 4) is 5.75 Å². The van der Waals surface area contributed by atoms with E-state index >= 15 is 0 Å². The summed E-state index contributed by atoms with van der Waals surface area (Å²) in [5.41, 5.74) is 3.02. The third-order valence-corrected chi connectivity index (χ3v) is 8.84. The molecule has 4 aromatic carbocycles. The summed E-state index contributed by atoms with van der Waals surface area (Å²) < 4.78 is 34.5. The first-order chi connectivity index (χ1) is 20.7. The molecule has 0 saturated carbocycles. The monoisotopic (exact) mass is 599 g/mol. The van der Waals surface area contributed by atoms with Gasteiger partial charge in [-0.2, -0.15) is 0 Å². The molecule has 43 heavy (non-hydrogen) atoms. The van der Waals surface area contributed by atoms with E-state index in [4.69, 9.17) is 4.74 Å². The smallest absolute Gasteiger partial charge is 0.264 e. The van der Waals surface area contributed by atoms with Crippen molar-refractivity contribution in [3.63, 3.8) is 0 Å². The highest BCUT2D eigenvalue weighted by molar-refractivity contribution is 7.92. The van der Waals surface area contributed by atoms with Gasteiger partial charge in [0.25, 0.3) is 10.0 Å². The van der Waals surface area contributed by atoms with Crippen LogP contribution in [0.5, 0.6) is 5.75 Å². The van der Waals surface area contributed by atoms with E-state index in [0.717, 1.165) is 21.0 Å². The molecular formula is C34H37N3O5S. The van der Waals surface area contributed by atoms with Gasteiger partial charge in [-0.25, -0.2) is 8.42 Å².